The van der Waals surface area contributed by atoms with E-state index in [2.05, 4.69) is 10.3 Å². The number of hydrogen-bond acceptors (Lipinski definition) is 6. The number of rotatable bonds is 5. The highest BCUT2D eigenvalue weighted by Crippen LogP contribution is 2.26. The third-order valence-electron chi connectivity index (χ3n) is 1.75. The molecule has 0 unspecified atom stereocenters. The molecule has 3 N–H and O–H groups in total. The molecule has 7 heteroatoms. The minimum Gasteiger partial charge on any atom is -0.361 e. The number of nitrogens with two attached hydrogens (primary N) is 1. The van der Waals surface area contributed by atoms with Crippen molar-refractivity contribution in [2.75, 3.05) is 24.7 Å². The molecule has 0 fully saturated rings. The molecular formula is C8H15N3O2S2. The largest absolute Gasteiger partial charge is 0.361 e. The van der Waals surface area contributed by atoms with E-state index in [1.165, 1.54) is 17.6 Å². The highest BCUT2D eigenvalue weighted by molar-refractivity contribution is 7.92. The summed E-state index contributed by atoms with van der Waals surface area (Å²) >= 11 is 1.17. The number of nitrogens with zero attached hydrogens (tertiary/aromatic N) is 1. The van der Waals surface area contributed by atoms with Crippen LogP contribution in [0.1, 0.15) is 12.1 Å². The summed E-state index contributed by atoms with van der Waals surface area (Å²) in [5.74, 6) is 0. The van der Waals surface area contributed by atoms with E-state index < -0.39 is 9.84 Å². The van der Waals surface area contributed by atoms with Crippen molar-refractivity contribution >= 4 is 26.3 Å². The van der Waals surface area contributed by atoms with Crippen LogP contribution in [0.2, 0.25) is 0 Å². The van der Waals surface area contributed by atoms with Crippen LogP contribution < -0.4 is 11.1 Å². The molecule has 1 aromatic heterocycles. The zero-order chi connectivity index (χ0) is 11.5. The monoisotopic (exact) mass is 249 g/mol. The quantitative estimate of drug-likeness (QED) is 0.747. The van der Waals surface area contributed by atoms with Gasteiger partial charge < -0.3 is 11.1 Å². The maximum atomic E-state index is 11.3. The summed E-state index contributed by atoms with van der Waals surface area (Å²) in [6.07, 6.45) is 2.03. The number of sulfone groups is 1. The Bertz CT molecular complexity index is 425. The first-order valence-electron chi connectivity index (χ1n) is 4.56. The topological polar surface area (TPSA) is 85.1 Å². The maximum Gasteiger partial charge on any atom is 0.186 e. The Morgan fingerprint density at radius 3 is 2.67 bits per heavy atom. The molecular weight excluding hydrogens is 234 g/mol. The molecule has 0 aliphatic rings. The average molecular weight is 249 g/mol. The number of aromatic nitrogens is 1. The normalized spacial score (nSPS) is 11.7. The number of hydrogen-bond donors (Lipinski definition) is 2. The number of thiazole rings is 1. The molecule has 0 bridgehead atoms. The van der Waals surface area contributed by atoms with Crippen LogP contribution in [0.5, 0.6) is 0 Å². The van der Waals surface area contributed by atoms with E-state index in [1.807, 2.05) is 0 Å². The first kappa shape index (κ1) is 12.4. The van der Waals surface area contributed by atoms with Crippen molar-refractivity contribution in [1.29, 1.82) is 0 Å². The molecule has 86 valence electrons. The van der Waals surface area contributed by atoms with Gasteiger partial charge in [0.2, 0.25) is 0 Å². The van der Waals surface area contributed by atoms with Crippen molar-refractivity contribution < 1.29 is 8.42 Å². The predicted molar refractivity (Wildman–Crippen MR) is 62.1 cm³/mol. The molecule has 0 atom stereocenters. The van der Waals surface area contributed by atoms with E-state index in [0.29, 0.717) is 28.1 Å². The summed E-state index contributed by atoms with van der Waals surface area (Å²) < 4.78 is 23.0. The van der Waals surface area contributed by atoms with Crippen molar-refractivity contribution in [2.24, 2.45) is 5.73 Å². The van der Waals surface area contributed by atoms with Crippen molar-refractivity contribution in [1.82, 2.24) is 4.98 Å². The maximum absolute atomic E-state index is 11.3. The second kappa shape index (κ2) is 4.91. The lowest BCUT2D eigenvalue weighted by Gasteiger charge is -1.98. The molecule has 0 saturated heterocycles. The molecule has 0 spiro atoms. The van der Waals surface area contributed by atoms with E-state index in [-0.39, 0.29) is 0 Å². The zero-order valence-electron chi connectivity index (χ0n) is 8.78. The minimum atomic E-state index is -3.15. The van der Waals surface area contributed by atoms with Crippen molar-refractivity contribution in [3.05, 3.63) is 5.69 Å². The van der Waals surface area contributed by atoms with Gasteiger partial charge >= 0.3 is 0 Å². The van der Waals surface area contributed by atoms with E-state index in [0.717, 1.165) is 6.42 Å². The van der Waals surface area contributed by atoms with Crippen LogP contribution in [-0.2, 0) is 9.84 Å². The smallest absolute Gasteiger partial charge is 0.186 e. The number of nitrogens with one attached hydrogen (secondary N) is 1. The average Bonchev–Trinajstić information content (AvgIpc) is 2.47. The molecule has 0 amide bonds. The Morgan fingerprint density at radius 1 is 1.53 bits per heavy atom. The highest BCUT2D eigenvalue weighted by Gasteiger charge is 2.16. The van der Waals surface area contributed by atoms with Gasteiger partial charge in [0.05, 0.1) is 5.69 Å². The molecule has 1 heterocycles. The Kier molecular flexibility index (Phi) is 4.06. The van der Waals surface area contributed by atoms with Crippen molar-refractivity contribution in [3.8, 4) is 0 Å². The molecule has 0 aliphatic carbocycles. The van der Waals surface area contributed by atoms with Gasteiger partial charge in [0.1, 0.15) is 4.21 Å². The van der Waals surface area contributed by atoms with Crippen molar-refractivity contribution in [2.45, 2.75) is 17.6 Å². The highest BCUT2D eigenvalue weighted by atomic mass is 32.2. The molecule has 0 aliphatic heterocycles. The van der Waals surface area contributed by atoms with Crippen LogP contribution in [0.3, 0.4) is 0 Å². The van der Waals surface area contributed by atoms with Crippen LogP contribution in [0.4, 0.5) is 5.13 Å². The summed E-state index contributed by atoms with van der Waals surface area (Å²) in [5.41, 5.74) is 5.90. The van der Waals surface area contributed by atoms with Crippen LogP contribution in [0.15, 0.2) is 4.21 Å². The van der Waals surface area contributed by atoms with Crippen LogP contribution in [-0.4, -0.2) is 32.7 Å². The number of aryl methyl sites for hydroxylation is 1. The molecule has 0 saturated carbocycles. The zero-order valence-corrected chi connectivity index (χ0v) is 10.4. The Morgan fingerprint density at radius 2 is 2.20 bits per heavy atom. The lowest BCUT2D eigenvalue weighted by Crippen LogP contribution is -2.08. The molecule has 1 rings (SSSR count). The van der Waals surface area contributed by atoms with Gasteiger partial charge in [0, 0.05) is 12.8 Å². The first-order chi connectivity index (χ1) is 6.95. The lowest BCUT2D eigenvalue weighted by molar-refractivity contribution is 0.603. The standard InChI is InChI=1S/C8H15N3O2S2/c1-6-7(15(2,12)13)14-8(11-6)10-5-3-4-9/h3-5,9H2,1-2H3,(H,10,11). The third kappa shape index (κ3) is 3.44. The van der Waals surface area contributed by atoms with Crippen LogP contribution in [0, 0.1) is 6.92 Å². The fraction of sp³-hybridized carbons (Fsp3) is 0.625. The van der Waals surface area contributed by atoms with E-state index in [1.54, 1.807) is 6.92 Å². The van der Waals surface area contributed by atoms with E-state index >= 15 is 0 Å². The van der Waals surface area contributed by atoms with Gasteiger partial charge in [0.15, 0.2) is 15.0 Å². The molecule has 15 heavy (non-hydrogen) atoms. The molecule has 0 aromatic carbocycles. The Balaban J connectivity index is 2.78. The second-order valence-electron chi connectivity index (χ2n) is 3.23. The second-order valence-corrected chi connectivity index (χ2v) is 6.44. The SMILES string of the molecule is Cc1nc(NCCCN)sc1S(C)(=O)=O. The van der Waals surface area contributed by atoms with Crippen LogP contribution in [0.25, 0.3) is 0 Å². The minimum absolute atomic E-state index is 0.331. The van der Waals surface area contributed by atoms with Gasteiger partial charge in [-0.1, -0.05) is 11.3 Å². The van der Waals surface area contributed by atoms with Gasteiger partial charge in [-0.3, -0.25) is 0 Å². The summed E-state index contributed by atoms with van der Waals surface area (Å²) in [5, 5.41) is 3.68. The van der Waals surface area contributed by atoms with Gasteiger partial charge in [-0.25, -0.2) is 13.4 Å². The predicted octanol–water partition coefficient (Wildman–Crippen LogP) is 0.616. The Hall–Kier alpha value is -0.660. The van der Waals surface area contributed by atoms with E-state index in [9.17, 15) is 8.42 Å². The number of anilines is 1. The fourth-order valence-corrected chi connectivity index (χ4v) is 3.25. The summed E-state index contributed by atoms with van der Waals surface area (Å²) in [4.78, 5) is 4.14. The van der Waals surface area contributed by atoms with Gasteiger partial charge in [0.25, 0.3) is 0 Å². The summed E-state index contributed by atoms with van der Waals surface area (Å²) in [6, 6.07) is 0. The lowest BCUT2D eigenvalue weighted by atomic mass is 10.4. The van der Waals surface area contributed by atoms with Gasteiger partial charge in [-0.2, -0.15) is 0 Å². The summed E-state index contributed by atoms with van der Waals surface area (Å²) in [7, 11) is -3.15. The van der Waals surface area contributed by atoms with Crippen LogP contribution >= 0.6 is 11.3 Å². The first-order valence-corrected chi connectivity index (χ1v) is 7.27. The summed E-state index contributed by atoms with van der Waals surface area (Å²) in [6.45, 7) is 3.02. The fourth-order valence-electron chi connectivity index (χ4n) is 1.10. The molecule has 1 aromatic rings. The third-order valence-corrected chi connectivity index (χ3v) is 4.78. The van der Waals surface area contributed by atoms with Crippen molar-refractivity contribution in [3.63, 3.8) is 0 Å². The van der Waals surface area contributed by atoms with Gasteiger partial charge in [-0.05, 0) is 19.9 Å². The molecule has 0 radical (unpaired) electrons. The Labute approximate surface area is 93.6 Å². The van der Waals surface area contributed by atoms with E-state index in [4.69, 9.17) is 5.73 Å². The van der Waals surface area contributed by atoms with Gasteiger partial charge in [-0.15, -0.1) is 0 Å². The molecule has 5 nitrogen and oxygen atoms in total.